The number of rotatable bonds is 6. The van der Waals surface area contributed by atoms with Gasteiger partial charge in [-0.25, -0.2) is 4.79 Å². The predicted octanol–water partition coefficient (Wildman–Crippen LogP) is 3.56. The van der Waals surface area contributed by atoms with E-state index in [2.05, 4.69) is 5.32 Å². The molecule has 1 aliphatic rings. The molecule has 2 atom stereocenters. The highest BCUT2D eigenvalue weighted by Crippen LogP contribution is 2.31. The van der Waals surface area contributed by atoms with Crippen LogP contribution in [-0.2, 0) is 11.3 Å². The number of ether oxygens (including phenoxy) is 1. The van der Waals surface area contributed by atoms with Gasteiger partial charge < -0.3 is 25.6 Å². The molecule has 0 radical (unpaired) electrons. The Bertz CT molecular complexity index is 1040. The Morgan fingerprint density at radius 2 is 1.97 bits per heavy atom. The van der Waals surface area contributed by atoms with E-state index >= 15 is 0 Å². The van der Waals surface area contributed by atoms with E-state index in [9.17, 15) is 14.4 Å². The van der Waals surface area contributed by atoms with Gasteiger partial charge in [0.2, 0.25) is 5.91 Å². The van der Waals surface area contributed by atoms with Crippen LogP contribution in [0, 0.1) is 0 Å². The number of nitrogens with two attached hydrogens (primary N) is 1. The number of hydrogen-bond acceptors (Lipinski definition) is 4. The van der Waals surface area contributed by atoms with Crippen LogP contribution in [-0.4, -0.2) is 48.0 Å². The summed E-state index contributed by atoms with van der Waals surface area (Å²) in [5, 5.41) is 2.92. The van der Waals surface area contributed by atoms with Crippen molar-refractivity contribution in [2.45, 2.75) is 45.8 Å². The SMILES string of the molecule is CCCOc1ccc(C(=O)N2C[C@H](C)N(C(=O)N[C@H](C)C(N)=O)Cc3ccccc32)c(Cl)c1. The lowest BCUT2D eigenvalue weighted by Gasteiger charge is -2.30. The number of benzene rings is 2. The number of hydrogen-bond donors (Lipinski definition) is 2. The quantitative estimate of drug-likeness (QED) is 0.670. The number of nitrogens with one attached hydrogen (secondary N) is 1. The summed E-state index contributed by atoms with van der Waals surface area (Å²) in [5.41, 5.74) is 7.14. The second kappa shape index (κ2) is 10.6. The van der Waals surface area contributed by atoms with Crippen molar-refractivity contribution in [3.63, 3.8) is 0 Å². The molecule has 0 bridgehead atoms. The van der Waals surface area contributed by atoms with Gasteiger partial charge in [0, 0.05) is 24.8 Å². The number of amides is 4. The minimum atomic E-state index is -0.812. The lowest BCUT2D eigenvalue weighted by Crippen LogP contribution is -2.52. The van der Waals surface area contributed by atoms with Crippen molar-refractivity contribution in [2.75, 3.05) is 18.1 Å². The van der Waals surface area contributed by atoms with Crippen molar-refractivity contribution in [1.29, 1.82) is 0 Å². The molecule has 1 heterocycles. The standard InChI is InChI=1S/C24H29ClN4O4/c1-4-11-33-18-9-10-19(20(25)12-18)23(31)29-13-15(2)28(24(32)27-16(3)22(26)30)14-17-7-5-6-8-21(17)29/h5-10,12,15-16H,4,11,13-14H2,1-3H3,(H2,26,30)(H,27,32)/t15-,16+/m0/s1. The van der Waals surface area contributed by atoms with Crippen LogP contribution in [0.4, 0.5) is 10.5 Å². The van der Waals surface area contributed by atoms with Gasteiger partial charge in [-0.2, -0.15) is 0 Å². The second-order valence-electron chi connectivity index (χ2n) is 8.09. The van der Waals surface area contributed by atoms with E-state index in [-0.39, 0.29) is 25.0 Å². The molecular formula is C24H29ClN4O4. The van der Waals surface area contributed by atoms with Crippen LogP contribution in [0.2, 0.25) is 5.02 Å². The number of halogens is 1. The van der Waals surface area contributed by atoms with Crippen molar-refractivity contribution in [2.24, 2.45) is 5.73 Å². The third-order valence-corrected chi connectivity index (χ3v) is 5.83. The molecule has 0 saturated carbocycles. The molecule has 4 amide bonds. The molecule has 0 spiro atoms. The lowest BCUT2D eigenvalue weighted by molar-refractivity contribution is -0.119. The molecule has 0 aromatic heterocycles. The molecule has 0 saturated heterocycles. The maximum Gasteiger partial charge on any atom is 0.318 e. The Hall–Kier alpha value is -3.26. The molecule has 3 N–H and O–H groups in total. The molecular weight excluding hydrogens is 444 g/mol. The summed E-state index contributed by atoms with van der Waals surface area (Å²) in [6.07, 6.45) is 0.864. The normalized spacial score (nSPS) is 16.4. The Morgan fingerprint density at radius 1 is 1.24 bits per heavy atom. The van der Waals surface area contributed by atoms with Gasteiger partial charge in [0.25, 0.3) is 5.91 Å². The third-order valence-electron chi connectivity index (χ3n) is 5.52. The van der Waals surface area contributed by atoms with E-state index in [1.54, 1.807) is 28.0 Å². The molecule has 1 aliphatic heterocycles. The third kappa shape index (κ3) is 5.57. The summed E-state index contributed by atoms with van der Waals surface area (Å²) in [6, 6.07) is 10.9. The maximum atomic E-state index is 13.6. The van der Waals surface area contributed by atoms with E-state index in [0.29, 0.717) is 28.6 Å². The number of nitrogens with zero attached hydrogens (tertiary/aromatic N) is 2. The molecule has 8 nitrogen and oxygen atoms in total. The van der Waals surface area contributed by atoms with E-state index in [4.69, 9.17) is 22.1 Å². The van der Waals surface area contributed by atoms with Gasteiger partial charge in [-0.05, 0) is 50.1 Å². The van der Waals surface area contributed by atoms with E-state index < -0.39 is 18.0 Å². The van der Waals surface area contributed by atoms with E-state index in [1.807, 2.05) is 38.1 Å². The summed E-state index contributed by atoms with van der Waals surface area (Å²) in [7, 11) is 0. The number of fused-ring (bicyclic) bond motifs is 1. The van der Waals surface area contributed by atoms with Crippen molar-refractivity contribution in [3.8, 4) is 5.75 Å². The van der Waals surface area contributed by atoms with Crippen LogP contribution in [0.3, 0.4) is 0 Å². The molecule has 2 aromatic rings. The molecule has 9 heteroatoms. The average Bonchev–Trinajstić information content (AvgIpc) is 2.93. The molecule has 2 aromatic carbocycles. The molecule has 33 heavy (non-hydrogen) atoms. The van der Waals surface area contributed by atoms with E-state index in [0.717, 1.165) is 12.0 Å². The Morgan fingerprint density at radius 3 is 2.64 bits per heavy atom. The van der Waals surface area contributed by atoms with Crippen LogP contribution >= 0.6 is 11.6 Å². The number of urea groups is 1. The summed E-state index contributed by atoms with van der Waals surface area (Å²) < 4.78 is 5.61. The molecule has 176 valence electrons. The van der Waals surface area contributed by atoms with Crippen molar-refractivity contribution in [1.82, 2.24) is 10.2 Å². The van der Waals surface area contributed by atoms with Crippen LogP contribution in [0.5, 0.6) is 5.75 Å². The van der Waals surface area contributed by atoms with Crippen molar-refractivity contribution in [3.05, 3.63) is 58.6 Å². The van der Waals surface area contributed by atoms with Gasteiger partial charge in [0.15, 0.2) is 0 Å². The largest absolute Gasteiger partial charge is 0.494 e. The number of carbonyl (C=O) groups excluding carboxylic acids is 3. The first kappa shape index (κ1) is 24.4. The summed E-state index contributed by atoms with van der Waals surface area (Å²) in [6.45, 7) is 6.48. The minimum Gasteiger partial charge on any atom is -0.494 e. The van der Waals surface area contributed by atoms with Gasteiger partial charge in [-0.1, -0.05) is 36.7 Å². The van der Waals surface area contributed by atoms with Crippen molar-refractivity contribution >= 4 is 35.1 Å². The van der Waals surface area contributed by atoms with Crippen LogP contribution in [0.1, 0.15) is 43.1 Å². The first-order chi connectivity index (χ1) is 15.7. The average molecular weight is 473 g/mol. The van der Waals surface area contributed by atoms with Crippen molar-refractivity contribution < 1.29 is 19.1 Å². The van der Waals surface area contributed by atoms with Crippen LogP contribution in [0.15, 0.2) is 42.5 Å². The predicted molar refractivity (Wildman–Crippen MR) is 128 cm³/mol. The number of carbonyl (C=O) groups is 3. The monoisotopic (exact) mass is 472 g/mol. The number of para-hydroxylation sites is 1. The van der Waals surface area contributed by atoms with Gasteiger partial charge >= 0.3 is 6.03 Å². The summed E-state index contributed by atoms with van der Waals surface area (Å²) in [5.74, 6) is -0.285. The van der Waals surface area contributed by atoms with Gasteiger partial charge in [-0.15, -0.1) is 0 Å². The zero-order chi connectivity index (χ0) is 24.1. The highest BCUT2D eigenvalue weighted by molar-refractivity contribution is 6.34. The Kier molecular flexibility index (Phi) is 7.81. The second-order valence-corrected chi connectivity index (χ2v) is 8.49. The van der Waals surface area contributed by atoms with Gasteiger partial charge in [0.05, 0.1) is 17.2 Å². The summed E-state index contributed by atoms with van der Waals surface area (Å²) in [4.78, 5) is 41.1. The van der Waals surface area contributed by atoms with Gasteiger partial charge in [0.1, 0.15) is 11.8 Å². The molecule has 0 fully saturated rings. The highest BCUT2D eigenvalue weighted by atomic mass is 35.5. The first-order valence-electron chi connectivity index (χ1n) is 10.9. The fourth-order valence-corrected chi connectivity index (χ4v) is 3.89. The fourth-order valence-electron chi connectivity index (χ4n) is 3.64. The number of anilines is 1. The fraction of sp³-hybridized carbons (Fsp3) is 0.375. The summed E-state index contributed by atoms with van der Waals surface area (Å²) >= 11 is 6.45. The van der Waals surface area contributed by atoms with Crippen LogP contribution < -0.4 is 20.7 Å². The molecule has 3 rings (SSSR count). The highest BCUT2D eigenvalue weighted by Gasteiger charge is 2.32. The lowest BCUT2D eigenvalue weighted by atomic mass is 10.1. The zero-order valence-corrected chi connectivity index (χ0v) is 19.8. The van der Waals surface area contributed by atoms with Gasteiger partial charge in [-0.3, -0.25) is 9.59 Å². The minimum absolute atomic E-state index is 0.249. The molecule has 0 unspecified atom stereocenters. The van der Waals surface area contributed by atoms with Crippen LogP contribution in [0.25, 0.3) is 0 Å². The first-order valence-corrected chi connectivity index (χ1v) is 11.3. The maximum absolute atomic E-state index is 13.6. The van der Waals surface area contributed by atoms with E-state index in [1.165, 1.54) is 6.92 Å². The zero-order valence-electron chi connectivity index (χ0n) is 19.0. The Labute approximate surface area is 198 Å². The Balaban J connectivity index is 1.90. The molecule has 0 aliphatic carbocycles. The smallest absolute Gasteiger partial charge is 0.318 e. The number of primary amides is 1. The topological polar surface area (TPSA) is 105 Å².